The van der Waals surface area contributed by atoms with Crippen LogP contribution in [-0.2, 0) is 4.79 Å². The molecule has 118 valence electrons. The molecule has 2 N–H and O–H groups in total. The summed E-state index contributed by atoms with van der Waals surface area (Å²) >= 11 is 0. The molecule has 3 rings (SSSR count). The second kappa shape index (κ2) is 5.91. The van der Waals surface area contributed by atoms with E-state index in [1.54, 1.807) is 26.0 Å². The molecule has 0 fully saturated rings. The summed E-state index contributed by atoms with van der Waals surface area (Å²) in [4.78, 5) is 32.1. The molecule has 0 aliphatic carbocycles. The highest BCUT2D eigenvalue weighted by Gasteiger charge is 2.17. The van der Waals surface area contributed by atoms with E-state index < -0.39 is 12.0 Å². The summed E-state index contributed by atoms with van der Waals surface area (Å²) in [6, 6.07) is 10.4. The Kier molecular flexibility index (Phi) is 3.80. The third kappa shape index (κ3) is 3.20. The molecule has 8 heteroatoms. The van der Waals surface area contributed by atoms with Gasteiger partial charge in [-0.2, -0.15) is 9.50 Å². The fourth-order valence-electron chi connectivity index (χ4n) is 2.02. The number of rotatable bonds is 4. The molecule has 0 bridgehead atoms. The number of aryl methyl sites for hydroxylation is 1. The summed E-state index contributed by atoms with van der Waals surface area (Å²) in [5, 5.41) is 5.25. The second-order valence-corrected chi connectivity index (χ2v) is 5.01. The monoisotopic (exact) mass is 313 g/mol. The highest BCUT2D eigenvalue weighted by Crippen LogP contribution is 2.11. The van der Waals surface area contributed by atoms with E-state index in [1.165, 1.54) is 6.07 Å². The highest BCUT2D eigenvalue weighted by atomic mass is 16.5. The van der Waals surface area contributed by atoms with Crippen molar-refractivity contribution >= 4 is 17.6 Å². The third-order valence-electron chi connectivity index (χ3n) is 3.13. The van der Waals surface area contributed by atoms with Gasteiger partial charge < -0.3 is 4.74 Å². The average Bonchev–Trinajstić information content (AvgIpc) is 2.91. The molecule has 0 saturated carbocycles. The fraction of sp³-hybridized carbons (Fsp3) is 0.200. The first-order valence-electron chi connectivity index (χ1n) is 7.02. The Hall–Kier alpha value is -3.16. The number of H-pyrrole nitrogens is 1. The first-order valence-corrected chi connectivity index (χ1v) is 7.02. The molecule has 1 atom stereocenters. The summed E-state index contributed by atoms with van der Waals surface area (Å²) in [7, 11) is 0. The van der Waals surface area contributed by atoms with Gasteiger partial charge in [0.05, 0.1) is 0 Å². The molecule has 2 aromatic heterocycles. The minimum absolute atomic E-state index is 0.133. The molecular formula is C15H15N5O3. The van der Waals surface area contributed by atoms with Crippen molar-refractivity contribution in [3.05, 3.63) is 52.4 Å². The van der Waals surface area contributed by atoms with Gasteiger partial charge in [0.2, 0.25) is 5.95 Å². The molecule has 0 radical (unpaired) electrons. The van der Waals surface area contributed by atoms with Gasteiger partial charge in [-0.15, -0.1) is 0 Å². The summed E-state index contributed by atoms with van der Waals surface area (Å²) < 4.78 is 6.69. The maximum Gasteiger partial charge on any atom is 0.274 e. The van der Waals surface area contributed by atoms with Crippen LogP contribution in [-0.4, -0.2) is 31.6 Å². The van der Waals surface area contributed by atoms with E-state index in [1.807, 2.05) is 18.2 Å². The smallest absolute Gasteiger partial charge is 0.274 e. The molecule has 8 nitrogen and oxygen atoms in total. The van der Waals surface area contributed by atoms with Crippen LogP contribution in [0, 0.1) is 6.92 Å². The minimum atomic E-state index is -0.725. The number of nitrogens with zero attached hydrogens (tertiary/aromatic N) is 3. The lowest BCUT2D eigenvalue weighted by Crippen LogP contribution is -2.30. The topological polar surface area (TPSA) is 101 Å². The Bertz CT molecular complexity index is 900. The standard InChI is InChI=1S/C15H15N5O3/c1-9-8-12(21)20-15(16-9)18-14(19-20)17-13(22)10(2)23-11-6-4-3-5-7-11/h3-8,10H,1-2H3,(H2,16,17,18,19,22)/t10-/m0/s1. The van der Waals surface area contributed by atoms with Crippen LogP contribution >= 0.6 is 0 Å². The Balaban J connectivity index is 1.75. The molecule has 0 saturated heterocycles. The lowest BCUT2D eigenvalue weighted by Gasteiger charge is -2.13. The van der Waals surface area contributed by atoms with E-state index in [4.69, 9.17) is 4.74 Å². The van der Waals surface area contributed by atoms with Crippen LogP contribution in [0.1, 0.15) is 12.6 Å². The first-order chi connectivity index (χ1) is 11.0. The van der Waals surface area contributed by atoms with Crippen LogP contribution in [0.2, 0.25) is 0 Å². The fourth-order valence-corrected chi connectivity index (χ4v) is 2.02. The number of para-hydroxylation sites is 1. The lowest BCUT2D eigenvalue weighted by atomic mass is 10.3. The molecular weight excluding hydrogens is 298 g/mol. The van der Waals surface area contributed by atoms with E-state index in [0.29, 0.717) is 11.4 Å². The molecule has 0 unspecified atom stereocenters. The van der Waals surface area contributed by atoms with Gasteiger partial charge in [-0.1, -0.05) is 18.2 Å². The SMILES string of the molecule is Cc1cc(=O)n2[nH]c(NC(=O)[C@H](C)Oc3ccccc3)nc2n1. The van der Waals surface area contributed by atoms with Crippen LogP contribution in [0.5, 0.6) is 5.75 Å². The number of hydrogen-bond donors (Lipinski definition) is 2. The maximum atomic E-state index is 12.1. The molecule has 0 aliphatic heterocycles. The van der Waals surface area contributed by atoms with Crippen molar-refractivity contribution in [3.63, 3.8) is 0 Å². The van der Waals surface area contributed by atoms with Crippen molar-refractivity contribution in [1.82, 2.24) is 19.6 Å². The molecule has 23 heavy (non-hydrogen) atoms. The van der Waals surface area contributed by atoms with Gasteiger partial charge in [0.25, 0.3) is 17.2 Å². The molecule has 0 aliphatic rings. The Morgan fingerprint density at radius 1 is 1.30 bits per heavy atom. The largest absolute Gasteiger partial charge is 0.481 e. The van der Waals surface area contributed by atoms with Gasteiger partial charge in [-0.05, 0) is 26.0 Å². The number of anilines is 1. The molecule has 0 spiro atoms. The number of carbonyl (C=O) groups is 1. The van der Waals surface area contributed by atoms with E-state index in [0.717, 1.165) is 4.52 Å². The lowest BCUT2D eigenvalue weighted by molar-refractivity contribution is -0.122. The van der Waals surface area contributed by atoms with Crippen molar-refractivity contribution < 1.29 is 9.53 Å². The van der Waals surface area contributed by atoms with Gasteiger partial charge >= 0.3 is 0 Å². The number of aromatic nitrogens is 4. The summed E-state index contributed by atoms with van der Waals surface area (Å²) in [6.07, 6.45) is -0.725. The molecule has 2 heterocycles. The number of carbonyl (C=O) groups excluding carboxylic acids is 1. The van der Waals surface area contributed by atoms with Crippen molar-refractivity contribution in [2.45, 2.75) is 20.0 Å². The number of hydrogen-bond acceptors (Lipinski definition) is 5. The van der Waals surface area contributed by atoms with Crippen LogP contribution in [0.25, 0.3) is 5.78 Å². The van der Waals surface area contributed by atoms with Crippen molar-refractivity contribution in [1.29, 1.82) is 0 Å². The zero-order chi connectivity index (χ0) is 16.4. The van der Waals surface area contributed by atoms with E-state index in [9.17, 15) is 9.59 Å². The Labute approximate surface area is 131 Å². The normalized spacial score (nSPS) is 12.1. The van der Waals surface area contributed by atoms with Gasteiger partial charge in [0.1, 0.15) is 5.75 Å². The van der Waals surface area contributed by atoms with Crippen molar-refractivity contribution in [2.75, 3.05) is 5.32 Å². The van der Waals surface area contributed by atoms with Gasteiger partial charge in [-0.3, -0.25) is 20.0 Å². The van der Waals surface area contributed by atoms with Crippen LogP contribution < -0.4 is 15.6 Å². The van der Waals surface area contributed by atoms with Gasteiger partial charge in [0, 0.05) is 11.8 Å². The predicted molar refractivity (Wildman–Crippen MR) is 83.5 cm³/mol. The van der Waals surface area contributed by atoms with Crippen molar-refractivity contribution in [2.24, 2.45) is 0 Å². The molecule has 1 amide bonds. The number of benzene rings is 1. The Morgan fingerprint density at radius 2 is 2.04 bits per heavy atom. The number of nitrogens with one attached hydrogen (secondary N) is 2. The van der Waals surface area contributed by atoms with E-state index >= 15 is 0 Å². The van der Waals surface area contributed by atoms with Crippen LogP contribution in [0.3, 0.4) is 0 Å². The molecule has 3 aromatic rings. The first kappa shape index (κ1) is 14.8. The second-order valence-electron chi connectivity index (χ2n) is 5.01. The summed E-state index contributed by atoms with van der Waals surface area (Å²) in [5.41, 5.74) is 0.259. The summed E-state index contributed by atoms with van der Waals surface area (Å²) in [6.45, 7) is 3.32. The van der Waals surface area contributed by atoms with Gasteiger partial charge in [0.15, 0.2) is 6.10 Å². The van der Waals surface area contributed by atoms with E-state index in [-0.39, 0.29) is 17.3 Å². The quantitative estimate of drug-likeness (QED) is 0.752. The zero-order valence-electron chi connectivity index (χ0n) is 12.6. The third-order valence-corrected chi connectivity index (χ3v) is 3.13. The number of aromatic amines is 1. The number of amides is 1. The zero-order valence-corrected chi connectivity index (χ0v) is 12.6. The predicted octanol–water partition coefficient (Wildman–Crippen LogP) is 1.13. The summed E-state index contributed by atoms with van der Waals surface area (Å²) in [5.74, 6) is 0.529. The van der Waals surface area contributed by atoms with Gasteiger partial charge in [-0.25, -0.2) is 4.98 Å². The molecule has 1 aromatic carbocycles. The number of ether oxygens (including phenoxy) is 1. The maximum absolute atomic E-state index is 12.1. The van der Waals surface area contributed by atoms with E-state index in [2.05, 4.69) is 20.4 Å². The average molecular weight is 313 g/mol. The Morgan fingerprint density at radius 3 is 2.78 bits per heavy atom. The van der Waals surface area contributed by atoms with Crippen LogP contribution in [0.15, 0.2) is 41.2 Å². The van der Waals surface area contributed by atoms with Crippen LogP contribution in [0.4, 0.5) is 5.95 Å². The highest BCUT2D eigenvalue weighted by molar-refractivity contribution is 5.92. The number of fused-ring (bicyclic) bond motifs is 1. The minimum Gasteiger partial charge on any atom is -0.481 e. The van der Waals surface area contributed by atoms with Crippen molar-refractivity contribution in [3.8, 4) is 5.75 Å².